The minimum Gasteiger partial charge on any atom is -0.494 e. The highest BCUT2D eigenvalue weighted by molar-refractivity contribution is 5.94. The van der Waals surface area contributed by atoms with Crippen molar-refractivity contribution in [3.63, 3.8) is 0 Å². The third kappa shape index (κ3) is 3.35. The summed E-state index contributed by atoms with van der Waals surface area (Å²) < 4.78 is 18.5. The van der Waals surface area contributed by atoms with E-state index in [2.05, 4.69) is 10.3 Å². The number of carbonyl (C=O) groups excluding carboxylic acids is 1. The largest absolute Gasteiger partial charge is 0.494 e. The number of ether oxygens (including phenoxy) is 1. The van der Waals surface area contributed by atoms with E-state index < -0.39 is 5.82 Å². The van der Waals surface area contributed by atoms with Gasteiger partial charge in [0, 0.05) is 23.7 Å². The number of aromatic nitrogens is 1. The summed E-state index contributed by atoms with van der Waals surface area (Å²) in [5, 5.41) is 3.87. The molecule has 4 nitrogen and oxygen atoms in total. The summed E-state index contributed by atoms with van der Waals surface area (Å²) in [4.78, 5) is 16.5. The molecular weight excluding hydrogens is 307 g/mol. The topological polar surface area (TPSA) is 51.2 Å². The molecule has 3 rings (SSSR count). The average Bonchev–Trinajstić information content (AvgIpc) is 2.61. The van der Waals surface area contributed by atoms with Crippen molar-refractivity contribution in [1.29, 1.82) is 0 Å². The third-order valence-electron chi connectivity index (χ3n) is 3.81. The van der Waals surface area contributed by atoms with Crippen molar-refractivity contribution in [3.05, 3.63) is 71.7 Å². The quantitative estimate of drug-likeness (QED) is 0.783. The zero-order valence-corrected chi connectivity index (χ0v) is 13.3. The van der Waals surface area contributed by atoms with Gasteiger partial charge in [0.15, 0.2) is 11.6 Å². The van der Waals surface area contributed by atoms with Gasteiger partial charge in [0.25, 0.3) is 5.91 Å². The van der Waals surface area contributed by atoms with Gasteiger partial charge in [0.1, 0.15) is 0 Å². The number of fused-ring (bicyclic) bond motifs is 1. The van der Waals surface area contributed by atoms with Crippen LogP contribution in [-0.2, 0) is 6.42 Å². The molecule has 0 fully saturated rings. The molecule has 1 N–H and O–H groups in total. The summed E-state index contributed by atoms with van der Waals surface area (Å²) >= 11 is 0. The minimum atomic E-state index is -0.552. The van der Waals surface area contributed by atoms with Crippen molar-refractivity contribution in [2.24, 2.45) is 0 Å². The number of nitrogens with zero attached hydrogens (tertiary/aromatic N) is 1. The Hall–Kier alpha value is -2.95. The second-order valence-corrected chi connectivity index (χ2v) is 5.35. The molecule has 0 aliphatic rings. The molecule has 24 heavy (non-hydrogen) atoms. The Morgan fingerprint density at radius 3 is 2.83 bits per heavy atom. The summed E-state index contributed by atoms with van der Waals surface area (Å²) in [7, 11) is 1.39. The summed E-state index contributed by atoms with van der Waals surface area (Å²) in [5.41, 5.74) is 2.27. The van der Waals surface area contributed by atoms with Gasteiger partial charge in [-0.25, -0.2) is 4.39 Å². The number of rotatable bonds is 5. The van der Waals surface area contributed by atoms with Crippen molar-refractivity contribution in [3.8, 4) is 5.75 Å². The predicted octanol–water partition coefficient (Wildman–Crippen LogP) is 3.36. The van der Waals surface area contributed by atoms with Gasteiger partial charge in [0.05, 0.1) is 12.6 Å². The Kier molecular flexibility index (Phi) is 4.70. The average molecular weight is 324 g/mol. The molecule has 122 valence electrons. The molecule has 2 aromatic carbocycles. The Bertz CT molecular complexity index is 875. The van der Waals surface area contributed by atoms with Crippen molar-refractivity contribution < 1.29 is 13.9 Å². The Morgan fingerprint density at radius 2 is 2.04 bits per heavy atom. The number of hydrogen-bond donors (Lipinski definition) is 1. The van der Waals surface area contributed by atoms with Crippen LogP contribution in [0.1, 0.15) is 15.9 Å². The summed E-state index contributed by atoms with van der Waals surface area (Å²) in [6.07, 6.45) is 2.41. The lowest BCUT2D eigenvalue weighted by Crippen LogP contribution is -2.25. The van der Waals surface area contributed by atoms with E-state index in [1.807, 2.05) is 30.3 Å². The Balaban J connectivity index is 1.65. The van der Waals surface area contributed by atoms with Gasteiger partial charge in [-0.3, -0.25) is 9.78 Å². The number of carbonyl (C=O) groups is 1. The van der Waals surface area contributed by atoms with Crippen molar-refractivity contribution >= 4 is 16.8 Å². The van der Waals surface area contributed by atoms with E-state index in [1.165, 1.54) is 25.3 Å². The molecule has 0 bridgehead atoms. The van der Waals surface area contributed by atoms with E-state index in [9.17, 15) is 9.18 Å². The lowest BCUT2D eigenvalue weighted by Gasteiger charge is -2.08. The summed E-state index contributed by atoms with van der Waals surface area (Å²) in [6.45, 7) is 0.447. The molecule has 1 heterocycles. The van der Waals surface area contributed by atoms with Crippen LogP contribution in [0.15, 0.2) is 54.7 Å². The fourth-order valence-electron chi connectivity index (χ4n) is 2.59. The monoisotopic (exact) mass is 324 g/mol. The third-order valence-corrected chi connectivity index (χ3v) is 3.81. The molecular formula is C19H17FN2O2. The van der Waals surface area contributed by atoms with Crippen LogP contribution in [0.5, 0.6) is 5.75 Å². The van der Waals surface area contributed by atoms with E-state index in [0.717, 1.165) is 16.5 Å². The van der Waals surface area contributed by atoms with Gasteiger partial charge < -0.3 is 10.1 Å². The number of para-hydroxylation sites is 1. The maximum absolute atomic E-state index is 13.7. The highest BCUT2D eigenvalue weighted by atomic mass is 19.1. The molecule has 0 unspecified atom stereocenters. The molecule has 0 aliphatic carbocycles. The highest BCUT2D eigenvalue weighted by Gasteiger charge is 2.10. The van der Waals surface area contributed by atoms with E-state index >= 15 is 0 Å². The first kappa shape index (κ1) is 15.9. The SMILES string of the molecule is COc1ccc(C(=O)NCCc2cccc3cccnc23)cc1F. The predicted molar refractivity (Wildman–Crippen MR) is 90.7 cm³/mol. The van der Waals surface area contributed by atoms with Crippen molar-refractivity contribution in [2.45, 2.75) is 6.42 Å². The summed E-state index contributed by atoms with van der Waals surface area (Å²) in [5.74, 6) is -0.749. The molecule has 0 saturated carbocycles. The van der Waals surface area contributed by atoms with Gasteiger partial charge in [-0.1, -0.05) is 24.3 Å². The van der Waals surface area contributed by atoms with E-state index in [4.69, 9.17) is 4.74 Å². The first-order valence-corrected chi connectivity index (χ1v) is 7.63. The molecule has 0 spiro atoms. The molecule has 0 radical (unpaired) electrons. The normalized spacial score (nSPS) is 10.6. The number of hydrogen-bond acceptors (Lipinski definition) is 3. The van der Waals surface area contributed by atoms with E-state index in [1.54, 1.807) is 6.20 Å². The number of methoxy groups -OCH3 is 1. The maximum atomic E-state index is 13.7. The number of benzene rings is 2. The van der Waals surface area contributed by atoms with Crippen molar-refractivity contribution in [1.82, 2.24) is 10.3 Å². The molecule has 1 amide bonds. The first-order valence-electron chi connectivity index (χ1n) is 7.63. The molecule has 1 aromatic heterocycles. The van der Waals surface area contributed by atoms with Crippen LogP contribution >= 0.6 is 0 Å². The number of nitrogens with one attached hydrogen (secondary N) is 1. The van der Waals surface area contributed by atoms with Gasteiger partial charge in [-0.15, -0.1) is 0 Å². The summed E-state index contributed by atoms with van der Waals surface area (Å²) in [6, 6.07) is 14.0. The second kappa shape index (κ2) is 7.08. The highest BCUT2D eigenvalue weighted by Crippen LogP contribution is 2.18. The second-order valence-electron chi connectivity index (χ2n) is 5.35. The van der Waals surface area contributed by atoms with Gasteiger partial charge in [-0.2, -0.15) is 0 Å². The lowest BCUT2D eigenvalue weighted by molar-refractivity contribution is 0.0953. The Labute approximate surface area is 139 Å². The molecule has 0 atom stereocenters. The van der Waals surface area contributed by atoms with Crippen LogP contribution in [0.4, 0.5) is 4.39 Å². The van der Waals surface area contributed by atoms with Crippen LogP contribution in [0.2, 0.25) is 0 Å². The fourth-order valence-corrected chi connectivity index (χ4v) is 2.59. The smallest absolute Gasteiger partial charge is 0.251 e. The van der Waals surface area contributed by atoms with Gasteiger partial charge >= 0.3 is 0 Å². The number of pyridine rings is 1. The zero-order chi connectivity index (χ0) is 16.9. The van der Waals surface area contributed by atoms with Gasteiger partial charge in [-0.05, 0) is 36.2 Å². The van der Waals surface area contributed by atoms with Crippen molar-refractivity contribution in [2.75, 3.05) is 13.7 Å². The van der Waals surface area contributed by atoms with Crippen LogP contribution in [-0.4, -0.2) is 24.5 Å². The van der Waals surface area contributed by atoms with Crippen LogP contribution in [0, 0.1) is 5.82 Å². The van der Waals surface area contributed by atoms with E-state index in [0.29, 0.717) is 13.0 Å². The standard InChI is InChI=1S/C19H17FN2O2/c1-24-17-8-7-15(12-16(17)20)19(23)22-11-9-14-5-2-4-13-6-3-10-21-18(13)14/h2-8,10,12H,9,11H2,1H3,(H,22,23). The Morgan fingerprint density at radius 1 is 1.21 bits per heavy atom. The zero-order valence-electron chi connectivity index (χ0n) is 13.3. The van der Waals surface area contributed by atoms with E-state index in [-0.39, 0.29) is 17.2 Å². The first-order chi connectivity index (χ1) is 11.7. The fraction of sp³-hybridized carbons (Fsp3) is 0.158. The minimum absolute atomic E-state index is 0.119. The molecule has 5 heteroatoms. The van der Waals surface area contributed by atoms with Gasteiger partial charge in [0.2, 0.25) is 0 Å². The number of halogens is 1. The lowest BCUT2D eigenvalue weighted by atomic mass is 10.1. The molecule has 3 aromatic rings. The van der Waals surface area contributed by atoms with Crippen LogP contribution in [0.25, 0.3) is 10.9 Å². The van der Waals surface area contributed by atoms with Crippen LogP contribution < -0.4 is 10.1 Å². The molecule has 0 saturated heterocycles. The molecule has 0 aliphatic heterocycles. The maximum Gasteiger partial charge on any atom is 0.251 e. The number of amides is 1. The van der Waals surface area contributed by atoms with Crippen LogP contribution in [0.3, 0.4) is 0 Å².